The van der Waals surface area contributed by atoms with Crippen LogP contribution >= 0.6 is 0 Å². The number of hydrogen-bond acceptors (Lipinski definition) is 2. The van der Waals surface area contributed by atoms with Gasteiger partial charge in [0.25, 0.3) is 0 Å². The summed E-state index contributed by atoms with van der Waals surface area (Å²) in [5.74, 6) is 1.28. The lowest BCUT2D eigenvalue weighted by Gasteiger charge is -2.40. The first-order valence-corrected chi connectivity index (χ1v) is 14.3. The summed E-state index contributed by atoms with van der Waals surface area (Å²) in [6.07, 6.45) is 29.0. The smallest absolute Gasteiger partial charge is 0.201 e. The zero-order chi connectivity index (χ0) is 22.2. The van der Waals surface area contributed by atoms with Crippen molar-refractivity contribution in [3.8, 4) is 0 Å². The van der Waals surface area contributed by atoms with E-state index in [1.165, 1.54) is 116 Å². The van der Waals surface area contributed by atoms with Gasteiger partial charge in [0.05, 0.1) is 0 Å². The van der Waals surface area contributed by atoms with E-state index in [-0.39, 0.29) is 17.5 Å². The largest absolute Gasteiger partial charge is 0.291 e. The molecule has 2 aliphatic rings. The van der Waals surface area contributed by atoms with Crippen molar-refractivity contribution in [1.29, 1.82) is 0 Å². The third-order valence-corrected chi connectivity index (χ3v) is 8.19. The van der Waals surface area contributed by atoms with E-state index >= 15 is 0 Å². The fourth-order valence-electron chi connectivity index (χ4n) is 6.25. The molecule has 180 valence electrons. The highest BCUT2D eigenvalue weighted by molar-refractivity contribution is 6.38. The van der Waals surface area contributed by atoms with E-state index in [1.807, 2.05) is 0 Å². The first kappa shape index (κ1) is 26.6. The van der Waals surface area contributed by atoms with Gasteiger partial charge in [0.1, 0.15) is 0 Å². The molecule has 2 nitrogen and oxygen atoms in total. The van der Waals surface area contributed by atoms with E-state index in [0.29, 0.717) is 12.3 Å². The van der Waals surface area contributed by atoms with Gasteiger partial charge in [-0.3, -0.25) is 9.59 Å². The predicted octanol–water partition coefficient (Wildman–Crippen LogP) is 8.99. The zero-order valence-electron chi connectivity index (χ0n) is 20.8. The molecule has 2 saturated carbocycles. The van der Waals surface area contributed by atoms with Gasteiger partial charge in [0, 0.05) is 12.3 Å². The third-order valence-electron chi connectivity index (χ3n) is 8.19. The van der Waals surface area contributed by atoms with Crippen molar-refractivity contribution in [2.75, 3.05) is 0 Å². The van der Waals surface area contributed by atoms with Crippen molar-refractivity contribution >= 4 is 11.6 Å². The van der Waals surface area contributed by atoms with Gasteiger partial charge < -0.3 is 0 Å². The summed E-state index contributed by atoms with van der Waals surface area (Å²) in [5, 5.41) is 0. The molecule has 0 aromatic carbocycles. The number of fused-ring (bicyclic) bond motifs is 1. The summed E-state index contributed by atoms with van der Waals surface area (Å²) in [6.45, 7) is 2.28. The molecule has 2 aliphatic carbocycles. The Labute approximate surface area is 193 Å². The van der Waals surface area contributed by atoms with Gasteiger partial charge in [-0.2, -0.15) is 0 Å². The Morgan fingerprint density at radius 1 is 0.581 bits per heavy atom. The summed E-state index contributed by atoms with van der Waals surface area (Å²) >= 11 is 0. The summed E-state index contributed by atoms with van der Waals surface area (Å²) in [5.41, 5.74) is 0. The average Bonchev–Trinajstić information content (AvgIpc) is 2.80. The maximum absolute atomic E-state index is 12.8. The van der Waals surface area contributed by atoms with Crippen molar-refractivity contribution in [1.82, 2.24) is 0 Å². The Morgan fingerprint density at radius 3 is 1.65 bits per heavy atom. The summed E-state index contributed by atoms with van der Waals surface area (Å²) < 4.78 is 0. The molecule has 0 radical (unpaired) electrons. The fourth-order valence-corrected chi connectivity index (χ4v) is 6.25. The van der Waals surface area contributed by atoms with E-state index in [0.717, 1.165) is 31.6 Å². The van der Waals surface area contributed by atoms with Crippen molar-refractivity contribution < 1.29 is 9.59 Å². The molecule has 2 heteroatoms. The van der Waals surface area contributed by atoms with Gasteiger partial charge in [-0.25, -0.2) is 0 Å². The molecule has 0 heterocycles. The summed E-state index contributed by atoms with van der Waals surface area (Å²) in [4.78, 5) is 25.3. The van der Waals surface area contributed by atoms with Crippen LogP contribution in [0.4, 0.5) is 0 Å². The van der Waals surface area contributed by atoms with Crippen molar-refractivity contribution in [2.45, 2.75) is 155 Å². The lowest BCUT2D eigenvalue weighted by Crippen LogP contribution is -2.38. The number of Topliss-reactive ketones (excluding diaryl/α,β-unsaturated/α-hetero) is 2. The minimum Gasteiger partial charge on any atom is -0.291 e. The highest BCUT2D eigenvalue weighted by Crippen LogP contribution is 2.44. The third kappa shape index (κ3) is 10.7. The zero-order valence-corrected chi connectivity index (χ0v) is 20.8. The monoisotopic (exact) mass is 432 g/mol. The molecule has 2 fully saturated rings. The SMILES string of the molecule is CCCCCCCCCCCCCCCCCC(=O)C(=O)C1CCCC2CCCCC21. The highest BCUT2D eigenvalue weighted by Gasteiger charge is 2.40. The second-order valence-electron chi connectivity index (χ2n) is 10.7. The number of carbonyl (C=O) groups excluding carboxylic acids is 2. The summed E-state index contributed by atoms with van der Waals surface area (Å²) in [6, 6.07) is 0. The Balaban J connectivity index is 1.41. The molecule has 0 aliphatic heterocycles. The average molecular weight is 433 g/mol. The van der Waals surface area contributed by atoms with Crippen LogP contribution in [0.15, 0.2) is 0 Å². The molecule has 3 unspecified atom stereocenters. The normalized spacial score (nSPS) is 23.5. The van der Waals surface area contributed by atoms with Gasteiger partial charge in [0.15, 0.2) is 5.78 Å². The van der Waals surface area contributed by atoms with Crippen LogP contribution in [0.3, 0.4) is 0 Å². The molecule has 0 amide bonds. The van der Waals surface area contributed by atoms with Crippen LogP contribution in [-0.4, -0.2) is 11.6 Å². The Hall–Kier alpha value is -0.660. The Morgan fingerprint density at radius 2 is 1.06 bits per heavy atom. The van der Waals surface area contributed by atoms with E-state index in [4.69, 9.17) is 0 Å². The quantitative estimate of drug-likeness (QED) is 0.160. The van der Waals surface area contributed by atoms with Gasteiger partial charge >= 0.3 is 0 Å². The Bertz CT molecular complexity index is 481. The van der Waals surface area contributed by atoms with E-state index < -0.39 is 0 Å². The minimum atomic E-state index is -0.0501. The summed E-state index contributed by atoms with van der Waals surface area (Å²) in [7, 11) is 0. The van der Waals surface area contributed by atoms with Crippen LogP contribution in [0.2, 0.25) is 0 Å². The Kier molecular flexibility index (Phi) is 14.5. The first-order valence-electron chi connectivity index (χ1n) is 14.3. The van der Waals surface area contributed by atoms with Crippen molar-refractivity contribution in [3.63, 3.8) is 0 Å². The molecule has 0 aromatic rings. The van der Waals surface area contributed by atoms with Crippen LogP contribution in [0.5, 0.6) is 0 Å². The number of ketones is 2. The fraction of sp³-hybridized carbons (Fsp3) is 0.931. The number of hydrogen-bond donors (Lipinski definition) is 0. The van der Waals surface area contributed by atoms with E-state index in [9.17, 15) is 9.59 Å². The van der Waals surface area contributed by atoms with Crippen LogP contribution < -0.4 is 0 Å². The van der Waals surface area contributed by atoms with E-state index in [1.54, 1.807) is 0 Å². The van der Waals surface area contributed by atoms with Crippen LogP contribution in [-0.2, 0) is 9.59 Å². The predicted molar refractivity (Wildman–Crippen MR) is 132 cm³/mol. The van der Waals surface area contributed by atoms with Crippen molar-refractivity contribution in [2.24, 2.45) is 17.8 Å². The van der Waals surface area contributed by atoms with E-state index in [2.05, 4.69) is 6.92 Å². The first-order chi connectivity index (χ1) is 15.2. The van der Waals surface area contributed by atoms with Gasteiger partial charge in [-0.1, -0.05) is 129 Å². The molecule has 2 rings (SSSR count). The molecule has 31 heavy (non-hydrogen) atoms. The van der Waals surface area contributed by atoms with Crippen LogP contribution in [0.1, 0.15) is 155 Å². The molecule has 0 spiro atoms. The highest BCUT2D eigenvalue weighted by atomic mass is 16.2. The second kappa shape index (κ2) is 16.9. The molecular formula is C29H52O2. The van der Waals surface area contributed by atoms with Crippen LogP contribution in [0, 0.1) is 17.8 Å². The van der Waals surface area contributed by atoms with Gasteiger partial charge in [0.2, 0.25) is 5.78 Å². The standard InChI is InChI=1S/C29H52O2/c1-2-3-4-5-6-7-8-9-10-11-12-13-14-15-16-24-28(30)29(31)27-23-19-21-25-20-17-18-22-26(25)27/h25-27H,2-24H2,1H3. The number of carbonyl (C=O) groups is 2. The molecule has 0 saturated heterocycles. The molecule has 0 N–H and O–H groups in total. The maximum atomic E-state index is 12.8. The lowest BCUT2D eigenvalue weighted by molar-refractivity contribution is -0.141. The maximum Gasteiger partial charge on any atom is 0.201 e. The van der Waals surface area contributed by atoms with Gasteiger partial charge in [-0.15, -0.1) is 0 Å². The van der Waals surface area contributed by atoms with Crippen LogP contribution in [0.25, 0.3) is 0 Å². The van der Waals surface area contributed by atoms with Gasteiger partial charge in [-0.05, 0) is 31.1 Å². The lowest BCUT2D eigenvalue weighted by atomic mass is 9.64. The second-order valence-corrected chi connectivity index (χ2v) is 10.7. The molecule has 0 bridgehead atoms. The van der Waals surface area contributed by atoms with Crippen molar-refractivity contribution in [3.05, 3.63) is 0 Å². The molecule has 0 aromatic heterocycles. The number of unbranched alkanes of at least 4 members (excludes halogenated alkanes) is 14. The topological polar surface area (TPSA) is 34.1 Å². The minimum absolute atomic E-state index is 0.00182. The molecule has 3 atom stereocenters. The molecular weight excluding hydrogens is 380 g/mol. The number of rotatable bonds is 18.